The zero-order valence-corrected chi connectivity index (χ0v) is 12.7. The summed E-state index contributed by atoms with van der Waals surface area (Å²) in [5.41, 5.74) is 2.02. The van der Waals surface area contributed by atoms with E-state index < -0.39 is 5.97 Å². The van der Waals surface area contributed by atoms with Gasteiger partial charge in [-0.15, -0.1) is 23.2 Å². The number of aryl methyl sites for hydroxylation is 1. The van der Waals surface area contributed by atoms with Crippen LogP contribution in [0, 0.1) is 0 Å². The van der Waals surface area contributed by atoms with Crippen molar-refractivity contribution in [2.24, 2.45) is 0 Å². The molecule has 4 nitrogen and oxygen atoms in total. The third-order valence-electron chi connectivity index (χ3n) is 2.69. The van der Waals surface area contributed by atoms with E-state index in [0.29, 0.717) is 31.3 Å². The van der Waals surface area contributed by atoms with Gasteiger partial charge >= 0.3 is 5.97 Å². The van der Waals surface area contributed by atoms with Crippen molar-refractivity contribution in [3.63, 3.8) is 0 Å². The molecule has 0 aromatic heterocycles. The highest BCUT2D eigenvalue weighted by Crippen LogP contribution is 2.17. The Bertz CT molecular complexity index is 398. The van der Waals surface area contributed by atoms with Gasteiger partial charge in [-0.05, 0) is 30.5 Å². The summed E-state index contributed by atoms with van der Waals surface area (Å²) in [7, 11) is 0. The van der Waals surface area contributed by atoms with Crippen molar-refractivity contribution in [2.45, 2.75) is 19.3 Å². The van der Waals surface area contributed by atoms with Gasteiger partial charge < -0.3 is 5.11 Å². The van der Waals surface area contributed by atoms with Crippen molar-refractivity contribution in [1.29, 1.82) is 0 Å². The predicted molar refractivity (Wildman–Crippen MR) is 81.8 cm³/mol. The molecule has 0 spiro atoms. The summed E-state index contributed by atoms with van der Waals surface area (Å²) in [5, 5.41) is 10.3. The summed E-state index contributed by atoms with van der Waals surface area (Å²) in [5.74, 6) is 0.124. The monoisotopic (exact) mass is 319 g/mol. The molecule has 0 saturated carbocycles. The summed E-state index contributed by atoms with van der Waals surface area (Å²) >= 11 is 11.4. The van der Waals surface area contributed by atoms with Crippen molar-refractivity contribution in [2.75, 3.05) is 30.0 Å². The Morgan fingerprint density at radius 3 is 2.45 bits per heavy atom. The fraction of sp³-hybridized carbons (Fsp3) is 0.500. The molecule has 0 saturated heterocycles. The Morgan fingerprint density at radius 2 is 1.90 bits per heavy atom. The van der Waals surface area contributed by atoms with E-state index in [0.717, 1.165) is 17.7 Å². The van der Waals surface area contributed by atoms with E-state index in [1.165, 1.54) is 0 Å². The number of hydroxylamine groups is 1. The van der Waals surface area contributed by atoms with Gasteiger partial charge in [-0.1, -0.05) is 12.1 Å². The average Bonchev–Trinajstić information content (AvgIpc) is 2.44. The summed E-state index contributed by atoms with van der Waals surface area (Å²) in [6.45, 7) is 1.01. The average molecular weight is 320 g/mol. The highest BCUT2D eigenvalue weighted by molar-refractivity contribution is 6.18. The molecule has 0 aliphatic heterocycles. The predicted octanol–water partition coefficient (Wildman–Crippen LogP) is 3.31. The van der Waals surface area contributed by atoms with Gasteiger partial charge in [0.2, 0.25) is 0 Å². The van der Waals surface area contributed by atoms with E-state index in [9.17, 15) is 4.79 Å². The second-order valence-electron chi connectivity index (χ2n) is 4.23. The molecular weight excluding hydrogens is 301 g/mol. The number of rotatable bonds is 10. The molecule has 1 aromatic carbocycles. The molecule has 0 amide bonds. The number of benzene rings is 1. The molecule has 0 unspecified atom stereocenters. The number of carbonyl (C=O) groups is 1. The van der Waals surface area contributed by atoms with E-state index in [1.54, 1.807) is 5.06 Å². The zero-order chi connectivity index (χ0) is 14.8. The van der Waals surface area contributed by atoms with Crippen LogP contribution >= 0.6 is 23.2 Å². The lowest BCUT2D eigenvalue weighted by Crippen LogP contribution is -2.26. The van der Waals surface area contributed by atoms with E-state index >= 15 is 0 Å². The first-order valence-electron chi connectivity index (χ1n) is 6.50. The lowest BCUT2D eigenvalue weighted by molar-refractivity contribution is -0.137. The van der Waals surface area contributed by atoms with Crippen LogP contribution in [0.4, 0.5) is 5.69 Å². The summed E-state index contributed by atoms with van der Waals surface area (Å²) < 4.78 is 0. The number of alkyl halides is 2. The molecular formula is C14H19Cl2NO3. The molecule has 0 aliphatic carbocycles. The fourth-order valence-electron chi connectivity index (χ4n) is 1.76. The lowest BCUT2D eigenvalue weighted by atomic mass is 10.1. The Balaban J connectivity index is 2.55. The fourth-order valence-corrected chi connectivity index (χ4v) is 1.98. The molecule has 0 fully saturated rings. The maximum Gasteiger partial charge on any atom is 0.303 e. The molecule has 0 aliphatic rings. The number of halogens is 2. The molecule has 0 radical (unpaired) electrons. The highest BCUT2D eigenvalue weighted by atomic mass is 35.5. The smallest absolute Gasteiger partial charge is 0.303 e. The first-order chi connectivity index (χ1) is 9.67. The van der Waals surface area contributed by atoms with Crippen molar-refractivity contribution in [1.82, 2.24) is 0 Å². The topological polar surface area (TPSA) is 49.8 Å². The third kappa shape index (κ3) is 6.46. The normalized spacial score (nSPS) is 10.5. The van der Waals surface area contributed by atoms with Crippen molar-refractivity contribution >= 4 is 34.9 Å². The van der Waals surface area contributed by atoms with Crippen LogP contribution in [0.25, 0.3) is 0 Å². The van der Waals surface area contributed by atoms with Crippen molar-refractivity contribution in [3.05, 3.63) is 29.8 Å². The van der Waals surface area contributed by atoms with Crippen LogP contribution in [0.1, 0.15) is 18.4 Å². The van der Waals surface area contributed by atoms with Crippen LogP contribution < -0.4 is 5.06 Å². The second-order valence-corrected chi connectivity index (χ2v) is 4.98. The SMILES string of the molecule is O=C(O)CCCc1ccc(N(CCCl)OCCCl)cc1. The van der Waals surface area contributed by atoms with Crippen LogP contribution in [0.3, 0.4) is 0 Å². The molecule has 1 rings (SSSR count). The third-order valence-corrected chi connectivity index (χ3v) is 3.02. The highest BCUT2D eigenvalue weighted by Gasteiger charge is 2.06. The first kappa shape index (κ1) is 17.1. The summed E-state index contributed by atoms with van der Waals surface area (Å²) in [6, 6.07) is 7.83. The van der Waals surface area contributed by atoms with E-state index in [4.69, 9.17) is 33.1 Å². The van der Waals surface area contributed by atoms with Crippen LogP contribution in [0.15, 0.2) is 24.3 Å². The maximum atomic E-state index is 10.5. The van der Waals surface area contributed by atoms with E-state index in [-0.39, 0.29) is 6.42 Å². The van der Waals surface area contributed by atoms with Gasteiger partial charge in [-0.25, -0.2) is 0 Å². The zero-order valence-electron chi connectivity index (χ0n) is 11.2. The Hall–Kier alpha value is -0.970. The second kappa shape index (κ2) is 9.86. The number of hydrogen-bond donors (Lipinski definition) is 1. The van der Waals surface area contributed by atoms with E-state index in [1.807, 2.05) is 24.3 Å². The molecule has 1 N–H and O–H groups in total. The minimum Gasteiger partial charge on any atom is -0.481 e. The number of aliphatic carboxylic acids is 1. The van der Waals surface area contributed by atoms with Gasteiger partial charge in [0.25, 0.3) is 0 Å². The van der Waals surface area contributed by atoms with Gasteiger partial charge in [0, 0.05) is 18.2 Å². The van der Waals surface area contributed by atoms with Gasteiger partial charge in [0.15, 0.2) is 0 Å². The van der Waals surface area contributed by atoms with Crippen molar-refractivity contribution < 1.29 is 14.7 Å². The Kier molecular flexibility index (Phi) is 8.42. The standard InChI is InChI=1S/C14H19Cl2NO3/c15-8-10-17(20-11-9-16)13-6-4-12(5-7-13)2-1-3-14(18)19/h4-7H,1-3,8-11H2,(H,18,19). The molecule has 1 aromatic rings. The molecule has 20 heavy (non-hydrogen) atoms. The number of carboxylic acid groups (broad SMARTS) is 1. The maximum absolute atomic E-state index is 10.5. The van der Waals surface area contributed by atoms with Crippen LogP contribution in [0.5, 0.6) is 0 Å². The summed E-state index contributed by atoms with van der Waals surface area (Å²) in [6.07, 6.45) is 1.59. The summed E-state index contributed by atoms with van der Waals surface area (Å²) in [4.78, 5) is 16.0. The van der Waals surface area contributed by atoms with Crippen molar-refractivity contribution in [3.8, 4) is 0 Å². The Morgan fingerprint density at radius 1 is 1.20 bits per heavy atom. The van der Waals surface area contributed by atoms with E-state index in [2.05, 4.69) is 0 Å². The largest absolute Gasteiger partial charge is 0.481 e. The minimum atomic E-state index is -0.760. The number of nitrogens with zero attached hydrogens (tertiary/aromatic N) is 1. The number of anilines is 1. The van der Waals surface area contributed by atoms with Gasteiger partial charge in [-0.2, -0.15) is 0 Å². The molecule has 0 atom stereocenters. The number of hydrogen-bond acceptors (Lipinski definition) is 3. The molecule has 0 heterocycles. The van der Waals surface area contributed by atoms with Crippen LogP contribution in [-0.2, 0) is 16.1 Å². The quantitative estimate of drug-likeness (QED) is 0.531. The van der Waals surface area contributed by atoms with Gasteiger partial charge in [0.1, 0.15) is 0 Å². The lowest BCUT2D eigenvalue weighted by Gasteiger charge is -2.22. The molecule has 0 bridgehead atoms. The minimum absolute atomic E-state index is 0.193. The number of carboxylic acids is 1. The van der Waals surface area contributed by atoms with Crippen LogP contribution in [0.2, 0.25) is 0 Å². The van der Waals surface area contributed by atoms with Crippen LogP contribution in [-0.4, -0.2) is 36.0 Å². The molecule has 6 heteroatoms. The first-order valence-corrected chi connectivity index (χ1v) is 7.57. The molecule has 112 valence electrons. The Labute approximate surface area is 129 Å². The van der Waals surface area contributed by atoms with Gasteiger partial charge in [0.05, 0.1) is 18.8 Å². The van der Waals surface area contributed by atoms with Gasteiger partial charge in [-0.3, -0.25) is 14.7 Å².